The first-order valence-electron chi connectivity index (χ1n) is 9.70. The number of benzene rings is 2. The molecule has 0 unspecified atom stereocenters. The van der Waals surface area contributed by atoms with Crippen LogP contribution in [-0.2, 0) is 6.42 Å². The number of hydrogen-bond acceptors (Lipinski definition) is 1. The molecular formula is C26H25NO2. The number of nitrogens with zero attached hydrogens (tertiary/aromatic N) is 1. The Morgan fingerprint density at radius 2 is 1.86 bits per heavy atom. The summed E-state index contributed by atoms with van der Waals surface area (Å²) >= 11 is 0. The molecule has 29 heavy (non-hydrogen) atoms. The molecule has 3 aromatic rings. The lowest BCUT2D eigenvalue weighted by Gasteiger charge is -2.15. The lowest BCUT2D eigenvalue weighted by Crippen LogP contribution is -2.06. The predicted octanol–water partition coefficient (Wildman–Crippen LogP) is 6.55. The van der Waals surface area contributed by atoms with Gasteiger partial charge in [-0.05, 0) is 48.7 Å². The molecule has 1 heterocycles. The average molecular weight is 383 g/mol. The molecule has 3 nitrogen and oxygen atoms in total. The molecule has 0 fully saturated rings. The maximum atomic E-state index is 11.5. The van der Waals surface area contributed by atoms with Crippen molar-refractivity contribution >= 4 is 11.5 Å². The van der Waals surface area contributed by atoms with Crippen molar-refractivity contribution < 1.29 is 9.90 Å². The first kappa shape index (κ1) is 20.2. The number of carbonyl (C=O) groups is 1. The molecule has 0 atom stereocenters. The Morgan fingerprint density at radius 3 is 2.48 bits per heavy atom. The number of aromatic nitrogens is 1. The molecule has 0 spiro atoms. The third-order valence-electron chi connectivity index (χ3n) is 4.81. The molecule has 3 rings (SSSR count). The minimum absolute atomic E-state index is 0.269. The molecule has 0 aliphatic heterocycles. The van der Waals surface area contributed by atoms with Crippen LogP contribution in [-0.4, -0.2) is 15.6 Å². The molecule has 0 bridgehead atoms. The monoisotopic (exact) mass is 383 g/mol. The molecule has 1 aromatic heterocycles. The summed E-state index contributed by atoms with van der Waals surface area (Å²) in [6.07, 6.45) is 8.59. The highest BCUT2D eigenvalue weighted by atomic mass is 16.4. The van der Waals surface area contributed by atoms with Crippen molar-refractivity contribution in [3.63, 3.8) is 0 Å². The largest absolute Gasteiger partial charge is 0.478 e. The van der Waals surface area contributed by atoms with Crippen molar-refractivity contribution in [3.8, 4) is 16.8 Å². The lowest BCUT2D eigenvalue weighted by atomic mass is 10.0. The van der Waals surface area contributed by atoms with Crippen LogP contribution in [0, 0.1) is 0 Å². The number of carboxylic acids is 1. The van der Waals surface area contributed by atoms with E-state index in [9.17, 15) is 9.90 Å². The van der Waals surface area contributed by atoms with E-state index in [0.717, 1.165) is 40.2 Å². The molecular weight excluding hydrogens is 358 g/mol. The molecule has 0 aliphatic carbocycles. The van der Waals surface area contributed by atoms with E-state index in [1.54, 1.807) is 24.3 Å². The van der Waals surface area contributed by atoms with Gasteiger partial charge in [0.2, 0.25) is 0 Å². The summed E-state index contributed by atoms with van der Waals surface area (Å²) < 4.78 is 2.16. The van der Waals surface area contributed by atoms with Crippen LogP contribution in [0.25, 0.3) is 22.4 Å². The molecule has 0 aliphatic rings. The third-order valence-corrected chi connectivity index (χ3v) is 4.81. The van der Waals surface area contributed by atoms with Crippen molar-refractivity contribution in [2.45, 2.75) is 20.3 Å². The summed E-state index contributed by atoms with van der Waals surface area (Å²) in [5.41, 5.74) is 6.53. The highest BCUT2D eigenvalue weighted by molar-refractivity contribution is 5.88. The Balaban J connectivity index is 2.36. The molecule has 0 amide bonds. The van der Waals surface area contributed by atoms with Crippen LogP contribution in [0.5, 0.6) is 0 Å². The standard InChI is InChI=1S/C26H25NO2/c1-4-11-20(12-5-2)25-18-23(19-13-8-7-9-14-19)24(6-3)27(25)22-16-10-15-21(17-22)26(28)29/h4-5,7-18H,1,6H2,2-3H3,(H,28,29)/b12-5-,20-11+. The van der Waals surface area contributed by atoms with Crippen LogP contribution in [0.1, 0.15) is 35.6 Å². The molecule has 3 heteroatoms. The van der Waals surface area contributed by atoms with E-state index in [1.165, 1.54) is 0 Å². The van der Waals surface area contributed by atoms with E-state index in [0.29, 0.717) is 0 Å². The molecule has 0 saturated carbocycles. The van der Waals surface area contributed by atoms with Gasteiger partial charge in [0, 0.05) is 16.9 Å². The summed E-state index contributed by atoms with van der Waals surface area (Å²) in [5, 5.41) is 9.47. The molecule has 146 valence electrons. The highest BCUT2D eigenvalue weighted by Gasteiger charge is 2.19. The number of hydrogen-bond donors (Lipinski definition) is 1. The highest BCUT2D eigenvalue weighted by Crippen LogP contribution is 2.34. The van der Waals surface area contributed by atoms with Crippen LogP contribution < -0.4 is 0 Å². The summed E-state index contributed by atoms with van der Waals surface area (Å²) in [4.78, 5) is 11.5. The van der Waals surface area contributed by atoms with Gasteiger partial charge in [0.15, 0.2) is 0 Å². The van der Waals surface area contributed by atoms with Crippen molar-refractivity contribution in [2.75, 3.05) is 0 Å². The van der Waals surface area contributed by atoms with Gasteiger partial charge in [0.05, 0.1) is 11.3 Å². The normalized spacial score (nSPS) is 11.7. The van der Waals surface area contributed by atoms with Crippen LogP contribution in [0.3, 0.4) is 0 Å². The van der Waals surface area contributed by atoms with E-state index >= 15 is 0 Å². The van der Waals surface area contributed by atoms with Crippen molar-refractivity contribution in [3.05, 3.63) is 108 Å². The number of rotatable bonds is 7. The van der Waals surface area contributed by atoms with Crippen molar-refractivity contribution in [1.82, 2.24) is 4.57 Å². The fourth-order valence-electron chi connectivity index (χ4n) is 3.58. The molecule has 0 radical (unpaired) electrons. The topological polar surface area (TPSA) is 42.2 Å². The van der Waals surface area contributed by atoms with Crippen molar-refractivity contribution in [1.29, 1.82) is 0 Å². The maximum absolute atomic E-state index is 11.5. The minimum Gasteiger partial charge on any atom is -0.478 e. The second-order valence-corrected chi connectivity index (χ2v) is 6.66. The molecule has 1 N–H and O–H groups in total. The quantitative estimate of drug-likeness (QED) is 0.470. The first-order chi connectivity index (χ1) is 14.1. The smallest absolute Gasteiger partial charge is 0.335 e. The number of aromatic carboxylic acids is 1. The van der Waals surface area contributed by atoms with Gasteiger partial charge < -0.3 is 9.67 Å². The number of allylic oxidation sites excluding steroid dienone is 5. The first-order valence-corrected chi connectivity index (χ1v) is 9.70. The second kappa shape index (κ2) is 9.07. The van der Waals surface area contributed by atoms with E-state index < -0.39 is 5.97 Å². The summed E-state index contributed by atoms with van der Waals surface area (Å²) in [5.74, 6) is -0.933. The number of carboxylic acid groups (broad SMARTS) is 1. The second-order valence-electron chi connectivity index (χ2n) is 6.66. The van der Waals surface area contributed by atoms with Crippen LogP contribution >= 0.6 is 0 Å². The fourth-order valence-corrected chi connectivity index (χ4v) is 3.58. The summed E-state index contributed by atoms with van der Waals surface area (Å²) in [7, 11) is 0. The minimum atomic E-state index is -0.933. The Labute approximate surface area is 172 Å². The molecule has 0 saturated heterocycles. The maximum Gasteiger partial charge on any atom is 0.335 e. The van der Waals surface area contributed by atoms with Gasteiger partial charge in [-0.1, -0.05) is 74.2 Å². The Bertz CT molecular complexity index is 1090. The van der Waals surface area contributed by atoms with E-state index in [2.05, 4.69) is 36.3 Å². The zero-order valence-electron chi connectivity index (χ0n) is 16.8. The van der Waals surface area contributed by atoms with E-state index in [-0.39, 0.29) is 5.56 Å². The van der Waals surface area contributed by atoms with Gasteiger partial charge in [0.1, 0.15) is 0 Å². The van der Waals surface area contributed by atoms with Gasteiger partial charge in [0.25, 0.3) is 0 Å². The van der Waals surface area contributed by atoms with E-state index in [1.807, 2.05) is 49.4 Å². The van der Waals surface area contributed by atoms with Gasteiger partial charge >= 0.3 is 5.97 Å². The van der Waals surface area contributed by atoms with Crippen LogP contribution in [0.4, 0.5) is 0 Å². The van der Waals surface area contributed by atoms with E-state index in [4.69, 9.17) is 0 Å². The lowest BCUT2D eigenvalue weighted by molar-refractivity contribution is 0.0697. The van der Waals surface area contributed by atoms with Crippen LogP contribution in [0.2, 0.25) is 0 Å². The fraction of sp³-hybridized carbons (Fsp3) is 0.115. The van der Waals surface area contributed by atoms with Gasteiger partial charge in [-0.3, -0.25) is 0 Å². The summed E-state index contributed by atoms with van der Waals surface area (Å²) in [6.45, 7) is 7.96. The van der Waals surface area contributed by atoms with Crippen molar-refractivity contribution in [2.24, 2.45) is 0 Å². The summed E-state index contributed by atoms with van der Waals surface area (Å²) in [6, 6.07) is 19.5. The SMILES string of the molecule is C=C/C=C(\C=C/C)c1cc(-c2ccccc2)c(CC)n1-c1cccc(C(=O)O)c1. The Morgan fingerprint density at radius 1 is 1.10 bits per heavy atom. The average Bonchev–Trinajstić information content (AvgIpc) is 3.14. The van der Waals surface area contributed by atoms with Gasteiger partial charge in [-0.15, -0.1) is 0 Å². The zero-order valence-corrected chi connectivity index (χ0v) is 16.8. The van der Waals surface area contributed by atoms with Gasteiger partial charge in [-0.2, -0.15) is 0 Å². The third kappa shape index (κ3) is 4.14. The van der Waals surface area contributed by atoms with Crippen LogP contribution in [0.15, 0.2) is 91.5 Å². The molecule has 2 aromatic carbocycles. The zero-order chi connectivity index (χ0) is 20.8. The predicted molar refractivity (Wildman–Crippen MR) is 121 cm³/mol. The van der Waals surface area contributed by atoms with Gasteiger partial charge in [-0.25, -0.2) is 4.79 Å². The Kier molecular flexibility index (Phi) is 6.30. The Hall–Kier alpha value is -3.59.